The average Bonchev–Trinajstić information content (AvgIpc) is 2.09. The van der Waals surface area contributed by atoms with Crippen molar-refractivity contribution in [2.24, 2.45) is 11.7 Å². The van der Waals surface area contributed by atoms with Gasteiger partial charge in [0.05, 0.1) is 0 Å². The summed E-state index contributed by atoms with van der Waals surface area (Å²) in [6.07, 6.45) is 1.43. The Morgan fingerprint density at radius 3 is 2.93 bits per heavy atom. The number of carbonyl (C=O) groups excluding carboxylic acids is 1. The van der Waals surface area contributed by atoms with Crippen LogP contribution in [0.5, 0.6) is 0 Å². The predicted octanol–water partition coefficient (Wildman–Crippen LogP) is -0.343. The van der Waals surface area contributed by atoms with Gasteiger partial charge >= 0.3 is 5.97 Å². The van der Waals surface area contributed by atoms with Gasteiger partial charge in [-0.25, -0.2) is 0 Å². The molecule has 0 bridgehead atoms. The number of nitrogens with two attached hydrogens (primary N) is 1. The van der Waals surface area contributed by atoms with E-state index in [1.165, 1.54) is 0 Å². The number of carboxylic acids is 1. The van der Waals surface area contributed by atoms with Crippen LogP contribution in [0.4, 0.5) is 0 Å². The van der Waals surface area contributed by atoms with Gasteiger partial charge in [-0.3, -0.25) is 9.59 Å². The summed E-state index contributed by atoms with van der Waals surface area (Å²) < 4.78 is 0. The average molecular weight is 200 g/mol. The highest BCUT2D eigenvalue weighted by atomic mass is 16.4. The molecule has 0 saturated carbocycles. The maximum absolute atomic E-state index is 11.4. The Labute approximate surface area is 82.9 Å². The molecule has 1 rings (SSSR count). The monoisotopic (exact) mass is 200 g/mol. The van der Waals surface area contributed by atoms with Crippen molar-refractivity contribution >= 4 is 11.9 Å². The molecule has 0 aromatic carbocycles. The molecule has 1 heterocycles. The zero-order valence-electron chi connectivity index (χ0n) is 8.27. The molecule has 0 aliphatic carbocycles. The van der Waals surface area contributed by atoms with Crippen LogP contribution in [0.15, 0.2) is 0 Å². The predicted molar refractivity (Wildman–Crippen MR) is 50.6 cm³/mol. The molecule has 0 spiro atoms. The van der Waals surface area contributed by atoms with Crippen LogP contribution >= 0.6 is 0 Å². The number of amides is 1. The first-order chi connectivity index (χ1) is 6.50. The van der Waals surface area contributed by atoms with Crippen LogP contribution in [0.2, 0.25) is 0 Å². The summed E-state index contributed by atoms with van der Waals surface area (Å²) in [5.41, 5.74) is 5.35. The molecule has 1 aliphatic heterocycles. The Morgan fingerprint density at radius 2 is 2.43 bits per heavy atom. The number of hydrogen-bond acceptors (Lipinski definition) is 3. The minimum atomic E-state index is -1.06. The van der Waals surface area contributed by atoms with Crippen molar-refractivity contribution in [1.29, 1.82) is 0 Å². The smallest absolute Gasteiger partial charge is 0.322 e. The number of aliphatic carboxylic acids is 1. The summed E-state index contributed by atoms with van der Waals surface area (Å²) in [6.45, 7) is 2.77. The summed E-state index contributed by atoms with van der Waals surface area (Å²) in [7, 11) is 0. The molecular weight excluding hydrogens is 184 g/mol. The number of carboxylic acid groups (broad SMARTS) is 1. The molecule has 1 saturated heterocycles. The van der Waals surface area contributed by atoms with Gasteiger partial charge in [0.25, 0.3) is 0 Å². The molecule has 1 amide bonds. The fraction of sp³-hybridized carbons (Fsp3) is 0.778. The topological polar surface area (TPSA) is 83.6 Å². The minimum absolute atomic E-state index is 0.0143. The SMILES string of the molecule is CC1CCN(CC(N)C(=O)O)C(=O)C1. The molecule has 1 aliphatic rings. The summed E-state index contributed by atoms with van der Waals surface area (Å²) in [5.74, 6) is -0.642. The van der Waals surface area contributed by atoms with Gasteiger partial charge in [-0.15, -0.1) is 0 Å². The minimum Gasteiger partial charge on any atom is -0.480 e. The second-order valence-corrected chi connectivity index (χ2v) is 3.88. The first-order valence-electron chi connectivity index (χ1n) is 4.77. The van der Waals surface area contributed by atoms with Gasteiger partial charge in [-0.05, 0) is 12.3 Å². The van der Waals surface area contributed by atoms with E-state index in [9.17, 15) is 9.59 Å². The highest BCUT2D eigenvalue weighted by Gasteiger charge is 2.26. The lowest BCUT2D eigenvalue weighted by Crippen LogP contribution is -2.47. The Kier molecular flexibility index (Phi) is 3.46. The Hall–Kier alpha value is -1.10. The van der Waals surface area contributed by atoms with Gasteiger partial charge in [0.1, 0.15) is 6.04 Å². The van der Waals surface area contributed by atoms with Crippen LogP contribution in [-0.4, -0.2) is 41.0 Å². The first kappa shape index (κ1) is 11.0. The highest BCUT2D eigenvalue weighted by molar-refractivity contribution is 5.79. The number of likely N-dealkylation sites (tertiary alicyclic amines) is 1. The van der Waals surface area contributed by atoms with Crippen LogP contribution < -0.4 is 5.73 Å². The standard InChI is InChI=1S/C9H16N2O3/c1-6-2-3-11(8(12)4-6)5-7(10)9(13)14/h6-7H,2-5,10H2,1H3,(H,13,14). The molecule has 0 radical (unpaired) electrons. The Balaban J connectivity index is 2.45. The second kappa shape index (κ2) is 4.41. The van der Waals surface area contributed by atoms with Gasteiger partial charge in [-0.1, -0.05) is 6.92 Å². The summed E-state index contributed by atoms with van der Waals surface area (Å²) >= 11 is 0. The van der Waals surface area contributed by atoms with Crippen molar-refractivity contribution in [3.63, 3.8) is 0 Å². The normalized spacial score (nSPS) is 24.9. The molecule has 3 N–H and O–H groups in total. The molecule has 5 nitrogen and oxygen atoms in total. The van der Waals surface area contributed by atoms with E-state index in [1.807, 2.05) is 6.92 Å². The zero-order valence-corrected chi connectivity index (χ0v) is 8.27. The lowest BCUT2D eigenvalue weighted by molar-refractivity contribution is -0.141. The van der Waals surface area contributed by atoms with Crippen LogP contribution in [0.25, 0.3) is 0 Å². The van der Waals surface area contributed by atoms with E-state index in [2.05, 4.69) is 0 Å². The first-order valence-corrected chi connectivity index (χ1v) is 4.77. The van der Waals surface area contributed by atoms with Crippen LogP contribution in [-0.2, 0) is 9.59 Å². The third kappa shape index (κ3) is 2.70. The van der Waals surface area contributed by atoms with E-state index in [0.29, 0.717) is 18.9 Å². The van der Waals surface area contributed by atoms with Gasteiger partial charge in [-0.2, -0.15) is 0 Å². The maximum Gasteiger partial charge on any atom is 0.322 e. The largest absolute Gasteiger partial charge is 0.480 e. The van der Waals surface area contributed by atoms with E-state index in [0.717, 1.165) is 6.42 Å². The fourth-order valence-corrected chi connectivity index (χ4v) is 1.54. The van der Waals surface area contributed by atoms with E-state index in [4.69, 9.17) is 10.8 Å². The number of hydrogen-bond donors (Lipinski definition) is 2. The quantitative estimate of drug-likeness (QED) is 0.652. The highest BCUT2D eigenvalue weighted by Crippen LogP contribution is 2.17. The van der Waals surface area contributed by atoms with Crippen molar-refractivity contribution in [3.8, 4) is 0 Å². The third-order valence-corrected chi connectivity index (χ3v) is 2.50. The Morgan fingerprint density at radius 1 is 1.79 bits per heavy atom. The summed E-state index contributed by atoms with van der Waals surface area (Å²) in [5, 5.41) is 8.59. The third-order valence-electron chi connectivity index (χ3n) is 2.50. The number of piperidine rings is 1. The number of rotatable bonds is 3. The lowest BCUT2D eigenvalue weighted by atomic mass is 9.98. The molecule has 2 unspecified atom stereocenters. The van der Waals surface area contributed by atoms with E-state index in [1.54, 1.807) is 4.90 Å². The number of nitrogens with zero attached hydrogens (tertiary/aromatic N) is 1. The lowest BCUT2D eigenvalue weighted by Gasteiger charge is -2.31. The maximum atomic E-state index is 11.4. The molecule has 0 aromatic rings. The van der Waals surface area contributed by atoms with Gasteiger partial charge in [0.2, 0.25) is 5.91 Å². The molecule has 2 atom stereocenters. The zero-order chi connectivity index (χ0) is 10.7. The molecule has 80 valence electrons. The van der Waals surface area contributed by atoms with Crippen molar-refractivity contribution in [3.05, 3.63) is 0 Å². The van der Waals surface area contributed by atoms with Crippen LogP contribution in [0.3, 0.4) is 0 Å². The molecule has 1 fully saturated rings. The van der Waals surface area contributed by atoms with Crippen molar-refractivity contribution in [1.82, 2.24) is 4.90 Å². The number of carbonyl (C=O) groups is 2. The summed E-state index contributed by atoms with van der Waals surface area (Å²) in [6, 6.07) is -0.965. The van der Waals surface area contributed by atoms with E-state index < -0.39 is 12.0 Å². The molecular formula is C9H16N2O3. The van der Waals surface area contributed by atoms with Gasteiger partial charge in [0, 0.05) is 19.5 Å². The molecule has 5 heteroatoms. The van der Waals surface area contributed by atoms with E-state index in [-0.39, 0.29) is 12.5 Å². The van der Waals surface area contributed by atoms with Crippen molar-refractivity contribution in [2.75, 3.05) is 13.1 Å². The fourth-order valence-electron chi connectivity index (χ4n) is 1.54. The molecule has 14 heavy (non-hydrogen) atoms. The van der Waals surface area contributed by atoms with Crippen molar-refractivity contribution < 1.29 is 14.7 Å². The van der Waals surface area contributed by atoms with Gasteiger partial charge < -0.3 is 15.7 Å². The van der Waals surface area contributed by atoms with Crippen LogP contribution in [0, 0.1) is 5.92 Å². The molecule has 0 aromatic heterocycles. The second-order valence-electron chi connectivity index (χ2n) is 3.88. The van der Waals surface area contributed by atoms with E-state index >= 15 is 0 Å². The van der Waals surface area contributed by atoms with Gasteiger partial charge in [0.15, 0.2) is 0 Å². The summed E-state index contributed by atoms with van der Waals surface area (Å²) in [4.78, 5) is 23.5. The Bertz CT molecular complexity index is 242. The van der Waals surface area contributed by atoms with Crippen molar-refractivity contribution in [2.45, 2.75) is 25.8 Å². The van der Waals surface area contributed by atoms with Crippen LogP contribution in [0.1, 0.15) is 19.8 Å².